The fraction of sp³-hybridized carbons (Fsp3) is 0.667. The van der Waals surface area contributed by atoms with Gasteiger partial charge < -0.3 is 4.65 Å². The van der Waals surface area contributed by atoms with Gasteiger partial charge in [0.2, 0.25) is 0 Å². The molecular weight excluding hydrogens is 297 g/mol. The minimum absolute atomic E-state index is 0.126. The third-order valence-electron chi connectivity index (χ3n) is 4.47. The first-order valence-corrected chi connectivity index (χ1v) is 8.58. The summed E-state index contributed by atoms with van der Waals surface area (Å²) in [7, 11) is 0. The van der Waals surface area contributed by atoms with E-state index >= 15 is 0 Å². The van der Waals surface area contributed by atoms with E-state index in [-0.39, 0.29) is 24.2 Å². The Kier molecular flexibility index (Phi) is 10.0. The van der Waals surface area contributed by atoms with Gasteiger partial charge in [0.05, 0.1) is 5.83 Å². The maximum Gasteiger partial charge on any atom is 0.303 e. The van der Waals surface area contributed by atoms with Gasteiger partial charge in [0.1, 0.15) is 0 Å². The van der Waals surface area contributed by atoms with Gasteiger partial charge >= 0.3 is 6.92 Å². The van der Waals surface area contributed by atoms with Crippen LogP contribution in [0, 0.1) is 5.92 Å². The Morgan fingerprint density at radius 2 is 1.91 bits per heavy atom. The van der Waals surface area contributed by atoms with Gasteiger partial charge in [0.25, 0.3) is 0 Å². The Bertz CT molecular complexity index is 404. The fourth-order valence-corrected chi connectivity index (χ4v) is 2.36. The van der Waals surface area contributed by atoms with E-state index in [0.29, 0.717) is 17.4 Å². The molecule has 0 heterocycles. The number of halogens is 2. The van der Waals surface area contributed by atoms with Crippen LogP contribution in [0.3, 0.4) is 0 Å². The molecule has 1 nitrogen and oxygen atoms in total. The van der Waals surface area contributed by atoms with Crippen molar-refractivity contribution in [2.24, 2.45) is 5.92 Å². The smallest absolute Gasteiger partial charge is 0.303 e. The minimum atomic E-state index is -0.260. The van der Waals surface area contributed by atoms with E-state index in [0.717, 1.165) is 12.7 Å². The highest BCUT2D eigenvalue weighted by atomic mass is 35.5. The van der Waals surface area contributed by atoms with Crippen molar-refractivity contribution < 1.29 is 9.04 Å². The number of hydrogen-bond donors (Lipinski definition) is 0. The van der Waals surface area contributed by atoms with Gasteiger partial charge in [-0.05, 0) is 38.6 Å². The summed E-state index contributed by atoms with van der Waals surface area (Å²) in [6, 6.07) is 0. The predicted molar refractivity (Wildman–Crippen MR) is 98.2 cm³/mol. The van der Waals surface area contributed by atoms with Crippen LogP contribution >= 0.6 is 11.6 Å². The lowest BCUT2D eigenvalue weighted by molar-refractivity contribution is 0.0449. The van der Waals surface area contributed by atoms with Crippen LogP contribution in [0.5, 0.6) is 0 Å². The molecule has 0 bridgehead atoms. The highest BCUT2D eigenvalue weighted by Crippen LogP contribution is 2.32. The Balaban J connectivity index is 4.86. The number of allylic oxidation sites excluding steroid dienone is 5. The van der Waals surface area contributed by atoms with Crippen LogP contribution in [0.2, 0.25) is 12.1 Å². The van der Waals surface area contributed by atoms with Crippen molar-refractivity contribution in [2.75, 3.05) is 0 Å². The molecule has 0 N–H and O–H groups in total. The molecular formula is C18H31BClFO. The number of rotatable bonds is 10. The summed E-state index contributed by atoms with van der Waals surface area (Å²) in [6.45, 7) is 15.9. The molecule has 22 heavy (non-hydrogen) atoms. The van der Waals surface area contributed by atoms with Gasteiger partial charge in [-0.25, -0.2) is 4.39 Å². The van der Waals surface area contributed by atoms with E-state index in [4.69, 9.17) is 16.3 Å². The fourth-order valence-electron chi connectivity index (χ4n) is 2.27. The van der Waals surface area contributed by atoms with E-state index in [1.807, 2.05) is 13.8 Å². The van der Waals surface area contributed by atoms with Gasteiger partial charge in [-0.15, -0.1) is 0 Å². The summed E-state index contributed by atoms with van der Waals surface area (Å²) < 4.78 is 20.6. The molecule has 0 saturated heterocycles. The molecule has 0 aromatic carbocycles. The SMILES string of the molecule is C=C/C(Cl)=C\C/C=C(/F)C(C)B(CC)OC(C)(C)C(C)CC. The quantitative estimate of drug-likeness (QED) is 0.317. The molecule has 0 aliphatic carbocycles. The van der Waals surface area contributed by atoms with Crippen LogP contribution in [0.1, 0.15) is 54.4 Å². The zero-order chi connectivity index (χ0) is 17.3. The van der Waals surface area contributed by atoms with Crippen molar-refractivity contribution in [3.63, 3.8) is 0 Å². The van der Waals surface area contributed by atoms with Crippen molar-refractivity contribution in [1.82, 2.24) is 0 Å². The Hall–Kier alpha value is -0.535. The maximum absolute atomic E-state index is 14.3. The van der Waals surface area contributed by atoms with Crippen molar-refractivity contribution in [3.05, 3.63) is 35.7 Å². The van der Waals surface area contributed by atoms with Crippen LogP contribution in [0.4, 0.5) is 4.39 Å². The van der Waals surface area contributed by atoms with Crippen molar-refractivity contribution >= 4 is 18.5 Å². The van der Waals surface area contributed by atoms with Crippen LogP contribution in [0.25, 0.3) is 0 Å². The van der Waals surface area contributed by atoms with Crippen molar-refractivity contribution in [3.8, 4) is 0 Å². The van der Waals surface area contributed by atoms with Crippen molar-refractivity contribution in [1.29, 1.82) is 0 Å². The van der Waals surface area contributed by atoms with Gasteiger partial charge in [-0.2, -0.15) is 0 Å². The molecule has 0 fully saturated rings. The second kappa shape index (κ2) is 10.3. The third-order valence-corrected chi connectivity index (χ3v) is 4.78. The molecule has 4 heteroatoms. The Labute approximate surface area is 141 Å². The lowest BCUT2D eigenvalue weighted by atomic mass is 9.53. The predicted octanol–water partition coefficient (Wildman–Crippen LogP) is 6.78. The molecule has 2 unspecified atom stereocenters. The highest BCUT2D eigenvalue weighted by molar-refractivity contribution is 6.54. The second-order valence-corrected chi connectivity index (χ2v) is 6.82. The molecule has 0 aromatic rings. The monoisotopic (exact) mass is 328 g/mol. The zero-order valence-electron chi connectivity index (χ0n) is 15.0. The maximum atomic E-state index is 14.3. The summed E-state index contributed by atoms with van der Waals surface area (Å²) in [4.78, 5) is 0. The first-order valence-electron chi connectivity index (χ1n) is 8.20. The van der Waals surface area contributed by atoms with Gasteiger partial charge in [0, 0.05) is 16.5 Å². The largest absolute Gasteiger partial charge is 0.430 e. The minimum Gasteiger partial charge on any atom is -0.430 e. The van der Waals surface area contributed by atoms with Crippen LogP contribution in [-0.4, -0.2) is 12.5 Å². The summed E-state index contributed by atoms with van der Waals surface area (Å²) in [6.07, 6.45) is 7.15. The molecule has 2 atom stereocenters. The summed E-state index contributed by atoms with van der Waals surface area (Å²) in [5.74, 6) is 0.0240. The van der Waals surface area contributed by atoms with Crippen molar-refractivity contribution in [2.45, 2.75) is 72.1 Å². The van der Waals surface area contributed by atoms with Gasteiger partial charge in [-0.3, -0.25) is 0 Å². The lowest BCUT2D eigenvalue weighted by Gasteiger charge is -2.36. The van der Waals surface area contributed by atoms with Gasteiger partial charge in [0.15, 0.2) is 0 Å². The Morgan fingerprint density at radius 1 is 1.32 bits per heavy atom. The average Bonchev–Trinajstić information content (AvgIpc) is 2.50. The average molecular weight is 329 g/mol. The highest BCUT2D eigenvalue weighted by Gasteiger charge is 2.34. The zero-order valence-corrected chi connectivity index (χ0v) is 15.7. The third kappa shape index (κ3) is 7.15. The van der Waals surface area contributed by atoms with E-state index < -0.39 is 0 Å². The van der Waals surface area contributed by atoms with E-state index in [2.05, 4.69) is 34.3 Å². The van der Waals surface area contributed by atoms with Gasteiger partial charge in [-0.1, -0.05) is 64.4 Å². The lowest BCUT2D eigenvalue weighted by Crippen LogP contribution is -2.40. The molecule has 126 valence electrons. The van der Waals surface area contributed by atoms with E-state index in [9.17, 15) is 4.39 Å². The molecule has 0 radical (unpaired) electrons. The molecule has 0 amide bonds. The first-order chi connectivity index (χ1) is 10.2. The first kappa shape index (κ1) is 21.5. The summed E-state index contributed by atoms with van der Waals surface area (Å²) in [5.41, 5.74) is -0.254. The van der Waals surface area contributed by atoms with E-state index in [1.165, 1.54) is 0 Å². The summed E-state index contributed by atoms with van der Waals surface area (Å²) >= 11 is 5.82. The van der Waals surface area contributed by atoms with E-state index in [1.54, 1.807) is 18.2 Å². The molecule has 0 aromatic heterocycles. The molecule has 0 rings (SSSR count). The topological polar surface area (TPSA) is 9.23 Å². The second-order valence-electron chi connectivity index (χ2n) is 6.38. The molecule has 0 spiro atoms. The standard InChI is InChI=1S/C18H31BClFO/c1-8-14(4)18(6,7)22-19(10-3)15(5)17(21)13-11-12-16(20)9-2/h9,12-15H,2,8,10-11H2,1,3-7H3/b16-12+,17-13+. The normalized spacial score (nSPS) is 16.4. The molecule has 0 aliphatic heterocycles. The molecule has 0 saturated carbocycles. The summed E-state index contributed by atoms with van der Waals surface area (Å²) in [5, 5.41) is 0.540. The van der Waals surface area contributed by atoms with Crippen LogP contribution in [-0.2, 0) is 4.65 Å². The molecule has 0 aliphatic rings. The number of hydrogen-bond acceptors (Lipinski definition) is 1. The van der Waals surface area contributed by atoms with Crippen LogP contribution < -0.4 is 0 Å². The van der Waals surface area contributed by atoms with Crippen LogP contribution in [0.15, 0.2) is 35.7 Å². The Morgan fingerprint density at radius 3 is 2.36 bits per heavy atom.